The molecule has 11 heavy (non-hydrogen) atoms. The first-order valence-electron chi connectivity index (χ1n) is 3.38. The Hall–Kier alpha value is -1.10. The first-order chi connectivity index (χ1) is 5.16. The van der Waals surface area contributed by atoms with Crippen LogP contribution >= 0.6 is 0 Å². The summed E-state index contributed by atoms with van der Waals surface area (Å²) in [6.45, 7) is 2.28. The van der Waals surface area contributed by atoms with Gasteiger partial charge in [-0.15, -0.1) is 0 Å². The van der Waals surface area contributed by atoms with E-state index >= 15 is 0 Å². The summed E-state index contributed by atoms with van der Waals surface area (Å²) in [7, 11) is 0. The SMILES string of the molecule is CC(=O)NCCNC(=O)CN. The zero-order valence-electron chi connectivity index (χ0n) is 6.52. The van der Waals surface area contributed by atoms with E-state index in [-0.39, 0.29) is 18.4 Å². The Labute approximate surface area is 65.3 Å². The number of rotatable bonds is 4. The number of nitrogens with one attached hydrogen (secondary N) is 2. The van der Waals surface area contributed by atoms with E-state index in [1.807, 2.05) is 0 Å². The van der Waals surface area contributed by atoms with E-state index in [1.165, 1.54) is 6.92 Å². The zero-order valence-corrected chi connectivity index (χ0v) is 6.52. The lowest BCUT2D eigenvalue weighted by Gasteiger charge is -2.02. The van der Waals surface area contributed by atoms with Crippen LogP contribution in [0.25, 0.3) is 0 Å². The molecule has 0 fully saturated rings. The fourth-order valence-electron chi connectivity index (χ4n) is 0.513. The van der Waals surface area contributed by atoms with Gasteiger partial charge in [-0.25, -0.2) is 0 Å². The number of carbonyl (C=O) groups excluding carboxylic acids is 2. The molecule has 0 spiro atoms. The Morgan fingerprint density at radius 2 is 1.82 bits per heavy atom. The van der Waals surface area contributed by atoms with Gasteiger partial charge in [0.2, 0.25) is 11.8 Å². The molecule has 2 amide bonds. The first-order valence-corrected chi connectivity index (χ1v) is 3.38. The lowest BCUT2D eigenvalue weighted by molar-refractivity contribution is -0.121. The summed E-state index contributed by atoms with van der Waals surface area (Å²) in [5, 5.41) is 5.04. The molecule has 0 aliphatic rings. The maximum Gasteiger partial charge on any atom is 0.233 e. The van der Waals surface area contributed by atoms with Crippen molar-refractivity contribution in [2.45, 2.75) is 6.92 Å². The molecule has 0 radical (unpaired) electrons. The van der Waals surface area contributed by atoms with Crippen LogP contribution in [0.1, 0.15) is 6.92 Å². The van der Waals surface area contributed by atoms with Gasteiger partial charge in [0.15, 0.2) is 0 Å². The van der Waals surface area contributed by atoms with Crippen molar-refractivity contribution in [3.05, 3.63) is 0 Å². The van der Waals surface area contributed by atoms with Crippen LogP contribution in [0.4, 0.5) is 0 Å². The van der Waals surface area contributed by atoms with Crippen molar-refractivity contribution >= 4 is 11.8 Å². The molecule has 0 saturated heterocycles. The van der Waals surface area contributed by atoms with Crippen LogP contribution in [0.3, 0.4) is 0 Å². The van der Waals surface area contributed by atoms with Gasteiger partial charge in [0.25, 0.3) is 0 Å². The van der Waals surface area contributed by atoms with Crippen LogP contribution < -0.4 is 16.4 Å². The molecule has 0 heterocycles. The second kappa shape index (κ2) is 5.67. The third kappa shape index (κ3) is 6.79. The minimum Gasteiger partial charge on any atom is -0.355 e. The molecule has 0 aromatic heterocycles. The van der Waals surface area contributed by atoms with E-state index in [4.69, 9.17) is 5.73 Å². The predicted molar refractivity (Wildman–Crippen MR) is 40.7 cm³/mol. The van der Waals surface area contributed by atoms with Gasteiger partial charge in [0.1, 0.15) is 0 Å². The van der Waals surface area contributed by atoms with Crippen molar-refractivity contribution in [1.29, 1.82) is 0 Å². The average Bonchev–Trinajstić information content (AvgIpc) is 1.97. The maximum absolute atomic E-state index is 10.5. The topological polar surface area (TPSA) is 84.2 Å². The molecule has 0 aliphatic carbocycles. The Balaban J connectivity index is 3.14. The fraction of sp³-hybridized carbons (Fsp3) is 0.667. The van der Waals surface area contributed by atoms with Crippen molar-refractivity contribution < 1.29 is 9.59 Å². The number of nitrogens with two attached hydrogens (primary N) is 1. The minimum absolute atomic E-state index is 0.0138. The molecular weight excluding hydrogens is 146 g/mol. The van der Waals surface area contributed by atoms with Crippen LogP contribution in [0, 0.1) is 0 Å². The van der Waals surface area contributed by atoms with E-state index in [0.29, 0.717) is 13.1 Å². The molecule has 0 rings (SSSR count). The number of hydrogen-bond donors (Lipinski definition) is 3. The van der Waals surface area contributed by atoms with E-state index < -0.39 is 0 Å². The lowest BCUT2D eigenvalue weighted by atomic mass is 10.5. The van der Waals surface area contributed by atoms with Gasteiger partial charge in [-0.2, -0.15) is 0 Å². The maximum atomic E-state index is 10.5. The molecule has 0 aromatic rings. The van der Waals surface area contributed by atoms with Crippen LogP contribution in [0.2, 0.25) is 0 Å². The third-order valence-corrected chi connectivity index (χ3v) is 1.01. The zero-order chi connectivity index (χ0) is 8.69. The summed E-state index contributed by atoms with van der Waals surface area (Å²) in [6.07, 6.45) is 0. The Bertz CT molecular complexity index is 147. The van der Waals surface area contributed by atoms with Crippen LogP contribution in [0.15, 0.2) is 0 Å². The normalized spacial score (nSPS) is 8.91. The van der Waals surface area contributed by atoms with Gasteiger partial charge < -0.3 is 16.4 Å². The summed E-state index contributed by atoms with van der Waals surface area (Å²) < 4.78 is 0. The van der Waals surface area contributed by atoms with Crippen molar-refractivity contribution in [2.24, 2.45) is 5.73 Å². The van der Waals surface area contributed by atoms with Crippen molar-refractivity contribution in [3.8, 4) is 0 Å². The van der Waals surface area contributed by atoms with Gasteiger partial charge in [-0.1, -0.05) is 0 Å². The molecular formula is C6H13N3O2. The molecule has 5 nitrogen and oxygen atoms in total. The van der Waals surface area contributed by atoms with E-state index in [9.17, 15) is 9.59 Å². The molecule has 0 bridgehead atoms. The lowest BCUT2D eigenvalue weighted by Crippen LogP contribution is -2.36. The van der Waals surface area contributed by atoms with Gasteiger partial charge in [-0.05, 0) is 0 Å². The summed E-state index contributed by atoms with van der Waals surface area (Å²) in [5.74, 6) is -0.317. The Kier molecular flexibility index (Phi) is 5.10. The molecule has 0 aliphatic heterocycles. The van der Waals surface area contributed by atoms with Gasteiger partial charge in [0, 0.05) is 20.0 Å². The van der Waals surface area contributed by atoms with Crippen LogP contribution in [-0.2, 0) is 9.59 Å². The van der Waals surface area contributed by atoms with Gasteiger partial charge >= 0.3 is 0 Å². The van der Waals surface area contributed by atoms with Crippen LogP contribution in [0.5, 0.6) is 0 Å². The van der Waals surface area contributed by atoms with Gasteiger partial charge in [0.05, 0.1) is 6.54 Å². The third-order valence-electron chi connectivity index (χ3n) is 1.01. The van der Waals surface area contributed by atoms with Crippen molar-refractivity contribution in [2.75, 3.05) is 19.6 Å². The Morgan fingerprint density at radius 3 is 2.27 bits per heavy atom. The standard InChI is InChI=1S/C6H13N3O2/c1-5(10)8-2-3-9-6(11)4-7/h2-4,7H2,1H3,(H,8,10)(H,9,11). The van der Waals surface area contributed by atoms with E-state index in [2.05, 4.69) is 10.6 Å². The van der Waals surface area contributed by atoms with Crippen molar-refractivity contribution in [1.82, 2.24) is 10.6 Å². The highest BCUT2D eigenvalue weighted by molar-refractivity contribution is 5.77. The molecule has 0 saturated carbocycles. The highest BCUT2D eigenvalue weighted by Gasteiger charge is 1.94. The van der Waals surface area contributed by atoms with E-state index in [0.717, 1.165) is 0 Å². The monoisotopic (exact) mass is 159 g/mol. The molecule has 5 heteroatoms. The minimum atomic E-state index is -0.213. The summed E-state index contributed by atoms with van der Waals surface area (Å²) >= 11 is 0. The molecule has 64 valence electrons. The molecule has 4 N–H and O–H groups in total. The summed E-state index contributed by atoms with van der Waals surface area (Å²) in [4.78, 5) is 20.8. The summed E-state index contributed by atoms with van der Waals surface area (Å²) in [6, 6.07) is 0. The fourth-order valence-corrected chi connectivity index (χ4v) is 0.513. The predicted octanol–water partition coefficient (Wildman–Crippen LogP) is -1.80. The Morgan fingerprint density at radius 1 is 1.27 bits per heavy atom. The van der Waals surface area contributed by atoms with Crippen LogP contribution in [-0.4, -0.2) is 31.4 Å². The van der Waals surface area contributed by atoms with Crippen molar-refractivity contribution in [3.63, 3.8) is 0 Å². The van der Waals surface area contributed by atoms with Gasteiger partial charge in [-0.3, -0.25) is 9.59 Å². The number of hydrogen-bond acceptors (Lipinski definition) is 3. The summed E-state index contributed by atoms with van der Waals surface area (Å²) in [5.41, 5.74) is 5.01. The molecule has 0 unspecified atom stereocenters. The highest BCUT2D eigenvalue weighted by atomic mass is 16.2. The number of carbonyl (C=O) groups is 2. The number of amides is 2. The second-order valence-corrected chi connectivity index (χ2v) is 2.04. The van der Waals surface area contributed by atoms with E-state index in [1.54, 1.807) is 0 Å². The molecule has 0 atom stereocenters. The quantitative estimate of drug-likeness (QED) is 0.423. The smallest absolute Gasteiger partial charge is 0.233 e. The first kappa shape index (κ1) is 9.90. The largest absolute Gasteiger partial charge is 0.355 e. The second-order valence-electron chi connectivity index (χ2n) is 2.04. The highest BCUT2D eigenvalue weighted by Crippen LogP contribution is 1.62. The average molecular weight is 159 g/mol. The molecule has 0 aromatic carbocycles.